The van der Waals surface area contributed by atoms with Gasteiger partial charge in [0.05, 0.1) is 0 Å². The summed E-state index contributed by atoms with van der Waals surface area (Å²) in [4.78, 5) is 15.6. The summed E-state index contributed by atoms with van der Waals surface area (Å²) in [5, 5.41) is 7.53. The van der Waals surface area contributed by atoms with Crippen LogP contribution in [0.2, 0.25) is 0 Å². The van der Waals surface area contributed by atoms with Gasteiger partial charge in [0.25, 0.3) is 0 Å². The predicted molar refractivity (Wildman–Crippen MR) is 92.8 cm³/mol. The molecule has 3 heterocycles. The van der Waals surface area contributed by atoms with Gasteiger partial charge in [0.15, 0.2) is 5.82 Å². The van der Waals surface area contributed by atoms with E-state index >= 15 is 0 Å². The van der Waals surface area contributed by atoms with E-state index in [0.29, 0.717) is 5.92 Å². The molecule has 1 atom stereocenters. The summed E-state index contributed by atoms with van der Waals surface area (Å²) in [6.45, 7) is 3.92. The molecular formula is C18H20N6. The van der Waals surface area contributed by atoms with Gasteiger partial charge < -0.3 is 4.90 Å². The van der Waals surface area contributed by atoms with E-state index in [-0.39, 0.29) is 0 Å². The van der Waals surface area contributed by atoms with Crippen molar-refractivity contribution in [3.63, 3.8) is 0 Å². The Hall–Kier alpha value is -2.76. The van der Waals surface area contributed by atoms with Gasteiger partial charge in [-0.1, -0.05) is 30.3 Å². The molecule has 122 valence electrons. The van der Waals surface area contributed by atoms with Gasteiger partial charge in [-0.2, -0.15) is 5.10 Å². The van der Waals surface area contributed by atoms with Crippen molar-refractivity contribution in [1.82, 2.24) is 25.1 Å². The lowest BCUT2D eigenvalue weighted by molar-refractivity contribution is 0.489. The van der Waals surface area contributed by atoms with E-state index in [0.717, 1.165) is 54.7 Å². The van der Waals surface area contributed by atoms with Gasteiger partial charge in [-0.15, -0.1) is 0 Å². The average Bonchev–Trinajstić information content (AvgIpc) is 3.13. The van der Waals surface area contributed by atoms with Crippen LogP contribution < -0.4 is 4.90 Å². The first-order valence-electron chi connectivity index (χ1n) is 8.31. The maximum absolute atomic E-state index is 4.72. The molecule has 0 amide bonds. The number of aromatic amines is 1. The molecule has 1 saturated heterocycles. The fourth-order valence-electron chi connectivity index (χ4n) is 3.20. The standard InChI is InChI=1S/C18H20N6/c1-13-10-16(20-12-19-13)24-9-5-8-15(11-24)18-21-17(22-23-18)14-6-3-2-4-7-14/h2-4,6-7,10,12,15H,5,8-9,11H2,1H3,(H,21,22,23). The Labute approximate surface area is 141 Å². The Morgan fingerprint density at radius 2 is 2.04 bits per heavy atom. The van der Waals surface area contributed by atoms with Crippen molar-refractivity contribution in [3.8, 4) is 11.4 Å². The molecule has 6 nitrogen and oxygen atoms in total. The van der Waals surface area contributed by atoms with Crippen molar-refractivity contribution in [2.75, 3.05) is 18.0 Å². The molecule has 0 aliphatic carbocycles. The van der Waals surface area contributed by atoms with Crippen LogP contribution in [-0.4, -0.2) is 38.2 Å². The van der Waals surface area contributed by atoms with Gasteiger partial charge in [-0.3, -0.25) is 5.10 Å². The van der Waals surface area contributed by atoms with E-state index in [1.807, 2.05) is 43.3 Å². The fourth-order valence-corrected chi connectivity index (χ4v) is 3.20. The van der Waals surface area contributed by atoms with E-state index in [4.69, 9.17) is 4.98 Å². The molecule has 0 spiro atoms. The molecule has 1 aliphatic rings. The number of nitrogens with zero attached hydrogens (tertiary/aromatic N) is 5. The van der Waals surface area contributed by atoms with Crippen molar-refractivity contribution in [2.45, 2.75) is 25.7 Å². The number of aryl methyl sites for hydroxylation is 1. The minimum atomic E-state index is 0.346. The van der Waals surface area contributed by atoms with Crippen molar-refractivity contribution in [3.05, 3.63) is 54.2 Å². The van der Waals surface area contributed by atoms with E-state index in [1.165, 1.54) is 0 Å². The predicted octanol–water partition coefficient (Wildman–Crippen LogP) is 2.95. The van der Waals surface area contributed by atoms with Crippen molar-refractivity contribution >= 4 is 5.82 Å². The number of anilines is 1. The van der Waals surface area contributed by atoms with Crippen LogP contribution in [-0.2, 0) is 0 Å². The van der Waals surface area contributed by atoms with Gasteiger partial charge in [-0.05, 0) is 19.8 Å². The largest absolute Gasteiger partial charge is 0.356 e. The zero-order valence-corrected chi connectivity index (χ0v) is 13.7. The maximum atomic E-state index is 4.72. The molecule has 6 heteroatoms. The highest BCUT2D eigenvalue weighted by Gasteiger charge is 2.25. The summed E-state index contributed by atoms with van der Waals surface area (Å²) in [5.41, 5.74) is 2.03. The molecule has 2 aromatic heterocycles. The lowest BCUT2D eigenvalue weighted by Gasteiger charge is -2.32. The molecule has 1 unspecified atom stereocenters. The van der Waals surface area contributed by atoms with Gasteiger partial charge in [-0.25, -0.2) is 15.0 Å². The SMILES string of the molecule is Cc1cc(N2CCCC(c3nc(-c4ccccc4)n[nH]3)C2)ncn1. The Kier molecular flexibility index (Phi) is 3.94. The van der Waals surface area contributed by atoms with Gasteiger partial charge in [0.2, 0.25) is 0 Å². The monoisotopic (exact) mass is 320 g/mol. The van der Waals surface area contributed by atoms with Crippen molar-refractivity contribution < 1.29 is 0 Å². The highest BCUT2D eigenvalue weighted by molar-refractivity contribution is 5.54. The lowest BCUT2D eigenvalue weighted by atomic mass is 9.97. The zero-order valence-electron chi connectivity index (χ0n) is 13.7. The van der Waals surface area contributed by atoms with Crippen LogP contribution in [0.1, 0.15) is 30.3 Å². The normalized spacial score (nSPS) is 17.9. The number of rotatable bonds is 3. The number of hydrogen-bond acceptors (Lipinski definition) is 5. The summed E-state index contributed by atoms with van der Waals surface area (Å²) < 4.78 is 0. The van der Waals surface area contributed by atoms with Gasteiger partial charge >= 0.3 is 0 Å². The molecule has 0 radical (unpaired) electrons. The van der Waals surface area contributed by atoms with Crippen LogP contribution in [0, 0.1) is 6.92 Å². The number of benzene rings is 1. The van der Waals surface area contributed by atoms with E-state index in [9.17, 15) is 0 Å². The van der Waals surface area contributed by atoms with E-state index in [2.05, 4.69) is 25.1 Å². The van der Waals surface area contributed by atoms with Crippen LogP contribution in [0.25, 0.3) is 11.4 Å². The van der Waals surface area contributed by atoms with Crippen molar-refractivity contribution in [1.29, 1.82) is 0 Å². The molecule has 1 aromatic carbocycles. The Bertz CT molecular complexity index is 813. The Balaban J connectivity index is 1.53. The van der Waals surface area contributed by atoms with Gasteiger partial charge in [0, 0.05) is 36.3 Å². The molecule has 3 aromatic rings. The van der Waals surface area contributed by atoms with Crippen LogP contribution in [0.3, 0.4) is 0 Å². The third-order valence-corrected chi connectivity index (χ3v) is 4.46. The van der Waals surface area contributed by atoms with Crippen LogP contribution >= 0.6 is 0 Å². The maximum Gasteiger partial charge on any atom is 0.181 e. The molecular weight excluding hydrogens is 300 g/mol. The highest BCUT2D eigenvalue weighted by atomic mass is 15.2. The summed E-state index contributed by atoms with van der Waals surface area (Å²) in [6.07, 6.45) is 3.87. The lowest BCUT2D eigenvalue weighted by Crippen LogP contribution is -2.35. The van der Waals surface area contributed by atoms with Crippen LogP contribution in [0.15, 0.2) is 42.7 Å². The summed E-state index contributed by atoms with van der Waals surface area (Å²) >= 11 is 0. The topological polar surface area (TPSA) is 70.6 Å². The number of nitrogens with one attached hydrogen (secondary N) is 1. The third-order valence-electron chi connectivity index (χ3n) is 4.46. The number of aromatic nitrogens is 5. The quantitative estimate of drug-likeness (QED) is 0.803. The number of hydrogen-bond donors (Lipinski definition) is 1. The second kappa shape index (κ2) is 6.39. The van der Waals surface area contributed by atoms with E-state index in [1.54, 1.807) is 6.33 Å². The van der Waals surface area contributed by atoms with Crippen LogP contribution in [0.5, 0.6) is 0 Å². The molecule has 0 bridgehead atoms. The second-order valence-corrected chi connectivity index (χ2v) is 6.21. The zero-order chi connectivity index (χ0) is 16.4. The average molecular weight is 320 g/mol. The minimum absolute atomic E-state index is 0.346. The number of H-pyrrole nitrogens is 1. The van der Waals surface area contributed by atoms with Crippen LogP contribution in [0.4, 0.5) is 5.82 Å². The fraction of sp³-hybridized carbons (Fsp3) is 0.333. The minimum Gasteiger partial charge on any atom is -0.356 e. The second-order valence-electron chi connectivity index (χ2n) is 6.21. The molecule has 1 N–H and O–H groups in total. The molecule has 24 heavy (non-hydrogen) atoms. The van der Waals surface area contributed by atoms with Crippen molar-refractivity contribution in [2.24, 2.45) is 0 Å². The Morgan fingerprint density at radius 1 is 1.17 bits per heavy atom. The molecule has 1 fully saturated rings. The number of piperidine rings is 1. The summed E-state index contributed by atoms with van der Waals surface area (Å²) in [6, 6.07) is 12.1. The van der Waals surface area contributed by atoms with E-state index < -0.39 is 0 Å². The first kappa shape index (κ1) is 14.8. The van der Waals surface area contributed by atoms with Gasteiger partial charge in [0.1, 0.15) is 18.0 Å². The molecule has 4 rings (SSSR count). The molecule has 1 aliphatic heterocycles. The first-order chi connectivity index (χ1) is 11.8. The third kappa shape index (κ3) is 2.99. The highest BCUT2D eigenvalue weighted by Crippen LogP contribution is 2.28. The summed E-state index contributed by atoms with van der Waals surface area (Å²) in [7, 11) is 0. The smallest absolute Gasteiger partial charge is 0.181 e. The Morgan fingerprint density at radius 3 is 2.88 bits per heavy atom. The molecule has 0 saturated carbocycles. The first-order valence-corrected chi connectivity index (χ1v) is 8.31. The summed E-state index contributed by atoms with van der Waals surface area (Å²) in [5.74, 6) is 3.07.